The van der Waals surface area contributed by atoms with Gasteiger partial charge in [0.2, 0.25) is 0 Å². The first-order valence-corrected chi connectivity index (χ1v) is 6.25. The van der Waals surface area contributed by atoms with Crippen LogP contribution >= 0.6 is 0 Å². The molecular weight excluding hydrogens is 224 g/mol. The summed E-state index contributed by atoms with van der Waals surface area (Å²) in [4.78, 5) is 0. The van der Waals surface area contributed by atoms with Crippen molar-refractivity contribution in [3.63, 3.8) is 0 Å². The van der Waals surface area contributed by atoms with Gasteiger partial charge >= 0.3 is 0 Å². The molecule has 0 aliphatic rings. The average Bonchev–Trinajstić information content (AvgIpc) is 2.71. The van der Waals surface area contributed by atoms with Gasteiger partial charge in [-0.1, -0.05) is 23.8 Å². The molecule has 3 N–H and O–H groups in total. The Bertz CT molecular complexity index is 516. The van der Waals surface area contributed by atoms with Crippen molar-refractivity contribution < 1.29 is 0 Å². The van der Waals surface area contributed by atoms with Gasteiger partial charge in [0, 0.05) is 19.2 Å². The molecule has 0 bridgehead atoms. The number of aryl methyl sites for hydroxylation is 2. The molecule has 0 saturated heterocycles. The Labute approximate surface area is 108 Å². The number of nitrogens with two attached hydrogens (primary N) is 1. The van der Waals surface area contributed by atoms with E-state index in [9.17, 15) is 0 Å². The van der Waals surface area contributed by atoms with Crippen LogP contribution in [0.25, 0.3) is 11.3 Å². The van der Waals surface area contributed by atoms with Crippen LogP contribution in [0.15, 0.2) is 30.5 Å². The lowest BCUT2D eigenvalue weighted by Gasteiger charge is -2.09. The minimum atomic E-state index is 0.701. The number of rotatable bonds is 5. The van der Waals surface area contributed by atoms with E-state index in [0.717, 1.165) is 24.3 Å². The Balaban J connectivity index is 2.29. The number of anilines is 1. The van der Waals surface area contributed by atoms with Crippen LogP contribution in [0, 0.1) is 6.92 Å². The molecule has 0 unspecified atom stereocenters. The summed E-state index contributed by atoms with van der Waals surface area (Å²) in [5, 5.41) is 7.71. The second-order valence-electron chi connectivity index (χ2n) is 4.47. The smallest absolute Gasteiger partial charge is 0.0910 e. The van der Waals surface area contributed by atoms with E-state index in [0.29, 0.717) is 6.54 Å². The highest BCUT2D eigenvalue weighted by Crippen LogP contribution is 2.27. The molecule has 0 atom stereocenters. The summed E-state index contributed by atoms with van der Waals surface area (Å²) >= 11 is 0. The number of benzene rings is 1. The Hall–Kier alpha value is -1.81. The molecule has 0 saturated carbocycles. The van der Waals surface area contributed by atoms with Crippen molar-refractivity contribution in [3.8, 4) is 11.3 Å². The second kappa shape index (κ2) is 5.69. The largest absolute Gasteiger partial charge is 0.382 e. The van der Waals surface area contributed by atoms with Crippen LogP contribution in [0.2, 0.25) is 0 Å². The molecule has 0 amide bonds. The fourth-order valence-electron chi connectivity index (χ4n) is 2.03. The van der Waals surface area contributed by atoms with E-state index in [1.165, 1.54) is 11.1 Å². The zero-order chi connectivity index (χ0) is 13.0. The Morgan fingerprint density at radius 2 is 2.22 bits per heavy atom. The quantitative estimate of drug-likeness (QED) is 0.792. The van der Waals surface area contributed by atoms with Gasteiger partial charge in [0.15, 0.2) is 0 Å². The molecule has 4 heteroatoms. The van der Waals surface area contributed by atoms with Crippen molar-refractivity contribution in [2.45, 2.75) is 13.3 Å². The van der Waals surface area contributed by atoms with Gasteiger partial charge in [-0.25, -0.2) is 0 Å². The fraction of sp³-hybridized carbons (Fsp3) is 0.357. The molecule has 1 aromatic heterocycles. The zero-order valence-corrected chi connectivity index (χ0v) is 11.0. The van der Waals surface area contributed by atoms with Crippen molar-refractivity contribution in [3.05, 3.63) is 36.0 Å². The highest BCUT2D eigenvalue weighted by Gasteiger charge is 2.10. The number of hydrogen-bond donors (Lipinski definition) is 2. The number of aromatic nitrogens is 2. The van der Waals surface area contributed by atoms with Gasteiger partial charge in [-0.2, -0.15) is 5.10 Å². The Morgan fingerprint density at radius 1 is 1.39 bits per heavy atom. The van der Waals surface area contributed by atoms with Crippen molar-refractivity contribution in [2.75, 3.05) is 18.4 Å². The third-order valence-electron chi connectivity index (χ3n) is 2.93. The minimum absolute atomic E-state index is 0.701. The van der Waals surface area contributed by atoms with E-state index in [1.807, 2.05) is 17.9 Å². The molecule has 96 valence electrons. The first kappa shape index (κ1) is 12.6. The van der Waals surface area contributed by atoms with E-state index in [-0.39, 0.29) is 0 Å². The molecule has 0 radical (unpaired) electrons. The third-order valence-corrected chi connectivity index (χ3v) is 2.93. The summed E-state index contributed by atoms with van der Waals surface area (Å²) in [6.45, 7) is 3.68. The van der Waals surface area contributed by atoms with Crippen molar-refractivity contribution in [1.29, 1.82) is 0 Å². The molecule has 1 aromatic carbocycles. The fourth-order valence-corrected chi connectivity index (χ4v) is 2.03. The van der Waals surface area contributed by atoms with Gasteiger partial charge in [0.25, 0.3) is 0 Å². The highest BCUT2D eigenvalue weighted by molar-refractivity contribution is 5.74. The van der Waals surface area contributed by atoms with Gasteiger partial charge in [0.05, 0.1) is 17.6 Å². The first-order chi connectivity index (χ1) is 8.72. The normalized spacial score (nSPS) is 10.6. The van der Waals surface area contributed by atoms with E-state index >= 15 is 0 Å². The van der Waals surface area contributed by atoms with Crippen LogP contribution < -0.4 is 11.1 Å². The average molecular weight is 244 g/mol. The van der Waals surface area contributed by atoms with Crippen LogP contribution in [0.3, 0.4) is 0 Å². The third kappa shape index (κ3) is 2.71. The summed E-state index contributed by atoms with van der Waals surface area (Å²) in [5.41, 5.74) is 10.1. The summed E-state index contributed by atoms with van der Waals surface area (Å²) in [6, 6.07) is 8.45. The van der Waals surface area contributed by atoms with Crippen molar-refractivity contribution in [1.82, 2.24) is 9.78 Å². The van der Waals surface area contributed by atoms with Gasteiger partial charge < -0.3 is 11.1 Å². The van der Waals surface area contributed by atoms with Crippen molar-refractivity contribution in [2.24, 2.45) is 12.8 Å². The predicted octanol–water partition coefficient (Wildman–Crippen LogP) is 2.16. The molecule has 1 heterocycles. The van der Waals surface area contributed by atoms with E-state index in [1.54, 1.807) is 0 Å². The topological polar surface area (TPSA) is 55.9 Å². The monoisotopic (exact) mass is 244 g/mol. The SMILES string of the molecule is Cc1cccc(-c2c(NCCCN)cnn2C)c1. The maximum atomic E-state index is 5.51. The molecule has 0 aliphatic heterocycles. The molecule has 0 spiro atoms. The maximum absolute atomic E-state index is 5.51. The molecule has 18 heavy (non-hydrogen) atoms. The lowest BCUT2D eigenvalue weighted by molar-refractivity contribution is 0.776. The van der Waals surface area contributed by atoms with E-state index in [4.69, 9.17) is 5.73 Å². The second-order valence-corrected chi connectivity index (χ2v) is 4.47. The predicted molar refractivity (Wildman–Crippen MR) is 75.5 cm³/mol. The van der Waals surface area contributed by atoms with E-state index in [2.05, 4.69) is 41.6 Å². The maximum Gasteiger partial charge on any atom is 0.0910 e. The van der Waals surface area contributed by atoms with Crippen LogP contribution in [0.5, 0.6) is 0 Å². The lowest BCUT2D eigenvalue weighted by atomic mass is 10.1. The van der Waals surface area contributed by atoms with Crippen LogP contribution in [0.4, 0.5) is 5.69 Å². The number of nitrogens with one attached hydrogen (secondary N) is 1. The highest BCUT2D eigenvalue weighted by atomic mass is 15.3. The summed E-state index contributed by atoms with van der Waals surface area (Å²) < 4.78 is 1.90. The summed E-state index contributed by atoms with van der Waals surface area (Å²) in [7, 11) is 1.96. The Kier molecular flexibility index (Phi) is 3.99. The van der Waals surface area contributed by atoms with Crippen LogP contribution in [-0.4, -0.2) is 22.9 Å². The number of hydrogen-bond acceptors (Lipinski definition) is 3. The van der Waals surface area contributed by atoms with Gasteiger partial charge in [-0.05, 0) is 26.0 Å². The zero-order valence-electron chi connectivity index (χ0n) is 11.0. The number of nitrogens with zero attached hydrogens (tertiary/aromatic N) is 2. The van der Waals surface area contributed by atoms with E-state index < -0.39 is 0 Å². The van der Waals surface area contributed by atoms with Gasteiger partial charge in [0.1, 0.15) is 0 Å². The van der Waals surface area contributed by atoms with Crippen LogP contribution in [-0.2, 0) is 7.05 Å². The molecule has 0 aliphatic carbocycles. The standard InChI is InChI=1S/C14H20N4/c1-11-5-3-6-12(9-11)14-13(10-17-18(14)2)16-8-4-7-15/h3,5-6,9-10,16H,4,7-8,15H2,1-2H3. The van der Waals surface area contributed by atoms with Crippen molar-refractivity contribution >= 4 is 5.69 Å². The Morgan fingerprint density at radius 3 is 2.94 bits per heavy atom. The molecule has 2 aromatic rings. The lowest BCUT2D eigenvalue weighted by Crippen LogP contribution is -2.08. The van der Waals surface area contributed by atoms with Gasteiger partial charge in [-0.15, -0.1) is 0 Å². The molecule has 0 fully saturated rings. The molecule has 4 nitrogen and oxygen atoms in total. The van der Waals surface area contributed by atoms with Gasteiger partial charge in [-0.3, -0.25) is 4.68 Å². The summed E-state index contributed by atoms with van der Waals surface area (Å²) in [5.74, 6) is 0. The van der Waals surface area contributed by atoms with Crippen LogP contribution in [0.1, 0.15) is 12.0 Å². The summed E-state index contributed by atoms with van der Waals surface area (Å²) in [6.07, 6.45) is 2.83. The molecular formula is C14H20N4. The first-order valence-electron chi connectivity index (χ1n) is 6.25. The molecule has 2 rings (SSSR count). The minimum Gasteiger partial charge on any atom is -0.382 e.